The second kappa shape index (κ2) is 10.8. The molecule has 5 rings (SSSR count). The highest BCUT2D eigenvalue weighted by atomic mass is 28.4. The average molecular weight is 501 g/mol. The summed E-state index contributed by atoms with van der Waals surface area (Å²) in [6.45, 7) is 7.80. The lowest BCUT2D eigenvalue weighted by Gasteiger charge is -2.28. The molecule has 0 saturated heterocycles. The van der Waals surface area contributed by atoms with Gasteiger partial charge in [-0.1, -0.05) is 24.3 Å². The first kappa shape index (κ1) is 24.5. The van der Waals surface area contributed by atoms with Crippen LogP contribution in [0.3, 0.4) is 0 Å². The maximum atomic E-state index is 5.99. The number of imidazole rings is 1. The lowest BCUT2D eigenvalue weighted by molar-refractivity contribution is 0.0708. The van der Waals surface area contributed by atoms with E-state index >= 15 is 0 Å². The number of aromatic nitrogens is 4. The zero-order valence-electron chi connectivity index (χ0n) is 21.1. The number of pyridine rings is 2. The molecule has 7 nitrogen and oxygen atoms in total. The topological polar surface area (TPSA) is 82.2 Å². The predicted molar refractivity (Wildman–Crippen MR) is 146 cm³/mol. The molecule has 8 heteroatoms. The van der Waals surface area contributed by atoms with E-state index in [2.05, 4.69) is 51.4 Å². The summed E-state index contributed by atoms with van der Waals surface area (Å²) >= 11 is 0. The van der Waals surface area contributed by atoms with Crippen LogP contribution in [0, 0.1) is 0 Å². The molecular formula is C28H32N4O3Si. The summed E-state index contributed by atoms with van der Waals surface area (Å²) in [5.74, 6) is 0.841. The number of hydrogen-bond acceptors (Lipinski definition) is 6. The Hall–Kier alpha value is -3.17. The normalized spacial score (nSPS) is 12.2. The van der Waals surface area contributed by atoms with Gasteiger partial charge in [-0.2, -0.15) is 0 Å². The first-order valence-electron chi connectivity index (χ1n) is 12.7. The van der Waals surface area contributed by atoms with E-state index in [0.717, 1.165) is 63.1 Å². The monoisotopic (exact) mass is 500 g/mol. The Labute approximate surface area is 212 Å². The van der Waals surface area contributed by atoms with Gasteiger partial charge in [0.25, 0.3) is 0 Å². The first-order valence-corrected chi connectivity index (χ1v) is 14.6. The second-order valence-corrected chi connectivity index (χ2v) is 11.4. The first-order chi connectivity index (χ1) is 17.7. The van der Waals surface area contributed by atoms with Crippen LogP contribution < -0.4 is 0 Å². The fourth-order valence-corrected chi connectivity index (χ4v) is 7.43. The minimum Gasteiger partial charge on any atom is -0.374 e. The summed E-state index contributed by atoms with van der Waals surface area (Å²) in [7, 11) is -2.60. The van der Waals surface area contributed by atoms with Crippen LogP contribution in [0.2, 0.25) is 6.04 Å². The van der Waals surface area contributed by atoms with E-state index in [1.807, 2.05) is 39.1 Å². The SMILES string of the molecule is CCO[Si](CCCc1ccc(-c2nc3c4cccnc4c4ncccc4c3[nH]2)cc1)(OCC)OCC. The quantitative estimate of drug-likeness (QED) is 0.169. The van der Waals surface area contributed by atoms with Gasteiger partial charge in [0.05, 0.1) is 22.1 Å². The van der Waals surface area contributed by atoms with E-state index in [0.29, 0.717) is 19.8 Å². The van der Waals surface area contributed by atoms with Gasteiger partial charge in [0, 0.05) is 54.6 Å². The van der Waals surface area contributed by atoms with E-state index in [9.17, 15) is 0 Å². The van der Waals surface area contributed by atoms with Crippen LogP contribution in [-0.2, 0) is 19.7 Å². The molecule has 0 aliphatic carbocycles. The van der Waals surface area contributed by atoms with Crippen molar-refractivity contribution < 1.29 is 13.3 Å². The van der Waals surface area contributed by atoms with Gasteiger partial charge >= 0.3 is 8.80 Å². The molecule has 0 fully saturated rings. The van der Waals surface area contributed by atoms with Crippen LogP contribution in [0.5, 0.6) is 0 Å². The zero-order valence-corrected chi connectivity index (χ0v) is 22.1. The van der Waals surface area contributed by atoms with Crippen LogP contribution in [0.1, 0.15) is 32.8 Å². The molecular weight excluding hydrogens is 468 g/mol. The Morgan fingerprint density at radius 1 is 0.750 bits per heavy atom. The number of H-pyrrole nitrogens is 1. The fourth-order valence-electron chi connectivity index (χ4n) is 4.82. The highest BCUT2D eigenvalue weighted by molar-refractivity contribution is 6.60. The molecule has 5 aromatic rings. The Morgan fingerprint density at radius 2 is 1.36 bits per heavy atom. The number of aryl methyl sites for hydroxylation is 1. The van der Waals surface area contributed by atoms with E-state index < -0.39 is 8.80 Å². The number of fused-ring (bicyclic) bond motifs is 6. The van der Waals surface area contributed by atoms with E-state index in [1.54, 1.807) is 6.20 Å². The van der Waals surface area contributed by atoms with Gasteiger partial charge in [-0.05, 0) is 63.4 Å². The van der Waals surface area contributed by atoms with Crippen molar-refractivity contribution >= 4 is 41.6 Å². The predicted octanol–water partition coefficient (Wildman–Crippen LogP) is 6.31. The van der Waals surface area contributed by atoms with Gasteiger partial charge < -0.3 is 18.3 Å². The number of benzene rings is 2. The third kappa shape index (κ3) is 4.77. The molecule has 0 bridgehead atoms. The third-order valence-corrected chi connectivity index (χ3v) is 9.49. The molecule has 0 aliphatic rings. The Balaban J connectivity index is 1.38. The summed E-state index contributed by atoms with van der Waals surface area (Å²) in [5, 5.41) is 2.03. The number of nitrogens with one attached hydrogen (secondary N) is 1. The van der Waals surface area contributed by atoms with Crippen LogP contribution in [0.25, 0.3) is 44.2 Å². The molecule has 2 aromatic carbocycles. The van der Waals surface area contributed by atoms with Crippen molar-refractivity contribution in [2.45, 2.75) is 39.7 Å². The lowest BCUT2D eigenvalue weighted by atomic mass is 10.1. The number of rotatable bonds is 11. The summed E-state index contributed by atoms with van der Waals surface area (Å²) in [4.78, 5) is 17.7. The van der Waals surface area contributed by atoms with Gasteiger partial charge in [-0.3, -0.25) is 9.97 Å². The smallest absolute Gasteiger partial charge is 0.374 e. The summed E-state index contributed by atoms with van der Waals surface area (Å²) in [6.07, 6.45) is 5.50. The molecule has 0 unspecified atom stereocenters. The molecule has 0 atom stereocenters. The minimum atomic E-state index is -2.60. The summed E-state index contributed by atoms with van der Waals surface area (Å²) in [5.41, 5.74) is 5.98. The Morgan fingerprint density at radius 3 is 2.00 bits per heavy atom. The molecule has 3 aromatic heterocycles. The molecule has 0 amide bonds. The Bertz CT molecular complexity index is 1380. The number of aromatic amines is 1. The van der Waals surface area contributed by atoms with Crippen LogP contribution >= 0.6 is 0 Å². The standard InChI is InChI=1S/C28H32N4O3Si/c1-4-33-36(34-5-2,35-6-3)19-9-10-20-13-15-21(16-14-20)28-31-26-22-11-7-17-29-24(22)25-23(27(26)32-28)12-8-18-30-25/h7-8,11-18H,4-6,9-10,19H2,1-3H3,(H,31,32). The van der Waals surface area contributed by atoms with Gasteiger partial charge in [0.2, 0.25) is 0 Å². The van der Waals surface area contributed by atoms with Gasteiger partial charge in [0.1, 0.15) is 5.82 Å². The maximum absolute atomic E-state index is 5.99. The van der Waals surface area contributed by atoms with Crippen molar-refractivity contribution in [3.05, 3.63) is 66.5 Å². The summed E-state index contributed by atoms with van der Waals surface area (Å²) < 4.78 is 18.0. The third-order valence-electron chi connectivity index (χ3n) is 6.34. The summed E-state index contributed by atoms with van der Waals surface area (Å²) in [6, 6.07) is 17.4. The van der Waals surface area contributed by atoms with Gasteiger partial charge in [-0.15, -0.1) is 0 Å². The van der Waals surface area contributed by atoms with E-state index in [1.165, 1.54) is 5.56 Å². The van der Waals surface area contributed by atoms with Crippen LogP contribution in [-0.4, -0.2) is 48.6 Å². The van der Waals surface area contributed by atoms with Crippen molar-refractivity contribution in [2.24, 2.45) is 0 Å². The highest BCUT2D eigenvalue weighted by Crippen LogP contribution is 2.33. The van der Waals surface area contributed by atoms with Crippen molar-refractivity contribution in [1.82, 2.24) is 19.9 Å². The van der Waals surface area contributed by atoms with Crippen LogP contribution in [0.4, 0.5) is 0 Å². The van der Waals surface area contributed by atoms with Gasteiger partial charge in [-0.25, -0.2) is 4.98 Å². The second-order valence-electron chi connectivity index (χ2n) is 8.64. The molecule has 186 valence electrons. The molecule has 0 aliphatic heterocycles. The molecule has 0 spiro atoms. The Kier molecular flexibility index (Phi) is 7.38. The molecule has 0 saturated carbocycles. The molecule has 0 radical (unpaired) electrons. The van der Waals surface area contributed by atoms with E-state index in [4.69, 9.17) is 18.3 Å². The number of nitrogens with zero attached hydrogens (tertiary/aromatic N) is 3. The number of hydrogen-bond donors (Lipinski definition) is 1. The van der Waals surface area contributed by atoms with E-state index in [-0.39, 0.29) is 0 Å². The van der Waals surface area contributed by atoms with Crippen molar-refractivity contribution in [3.63, 3.8) is 0 Å². The van der Waals surface area contributed by atoms with Crippen molar-refractivity contribution in [1.29, 1.82) is 0 Å². The highest BCUT2D eigenvalue weighted by Gasteiger charge is 2.39. The lowest BCUT2D eigenvalue weighted by Crippen LogP contribution is -2.46. The molecule has 3 heterocycles. The van der Waals surface area contributed by atoms with Crippen molar-refractivity contribution in [2.75, 3.05) is 19.8 Å². The van der Waals surface area contributed by atoms with Gasteiger partial charge in [0.15, 0.2) is 0 Å². The fraction of sp³-hybridized carbons (Fsp3) is 0.321. The minimum absolute atomic E-state index is 0.606. The average Bonchev–Trinajstić information content (AvgIpc) is 3.36. The zero-order chi connectivity index (χ0) is 25.0. The molecule has 36 heavy (non-hydrogen) atoms. The largest absolute Gasteiger partial charge is 0.500 e. The van der Waals surface area contributed by atoms with Crippen molar-refractivity contribution in [3.8, 4) is 11.4 Å². The molecule has 1 N–H and O–H groups in total. The maximum Gasteiger partial charge on any atom is 0.500 e. The van der Waals surface area contributed by atoms with Crippen LogP contribution in [0.15, 0.2) is 60.9 Å².